The first-order chi connectivity index (χ1) is 12.4. The number of hydrogen-bond acceptors (Lipinski definition) is 3. The van der Waals surface area contributed by atoms with Crippen molar-refractivity contribution in [2.24, 2.45) is 7.05 Å². The minimum atomic E-state index is -0.300. The fraction of sp³-hybridized carbons (Fsp3) is 0.400. The van der Waals surface area contributed by atoms with Gasteiger partial charge in [-0.3, -0.25) is 18.9 Å². The molecule has 0 saturated carbocycles. The van der Waals surface area contributed by atoms with Crippen molar-refractivity contribution in [3.8, 4) is 0 Å². The highest BCUT2D eigenvalue weighted by molar-refractivity contribution is 5.82. The van der Waals surface area contributed by atoms with Crippen LogP contribution in [0.2, 0.25) is 0 Å². The molecule has 0 saturated heterocycles. The average Bonchev–Trinajstić information content (AvgIpc) is 2.90. The predicted molar refractivity (Wildman–Crippen MR) is 102 cm³/mol. The molecule has 138 valence electrons. The zero-order chi connectivity index (χ0) is 18.8. The highest BCUT2D eigenvalue weighted by Gasteiger charge is 2.17. The molecule has 2 heterocycles. The Kier molecular flexibility index (Phi) is 5.23. The molecule has 0 unspecified atom stereocenters. The Morgan fingerprint density at radius 2 is 1.92 bits per heavy atom. The fourth-order valence-electron chi connectivity index (χ4n) is 3.52. The Bertz CT molecular complexity index is 985. The summed E-state index contributed by atoms with van der Waals surface area (Å²) in [5.74, 6) is -0.300. The van der Waals surface area contributed by atoms with Gasteiger partial charge in [0.2, 0.25) is 0 Å². The summed E-state index contributed by atoms with van der Waals surface area (Å²) in [7, 11) is 1.85. The van der Waals surface area contributed by atoms with E-state index < -0.39 is 0 Å². The molecule has 1 aromatic carbocycles. The summed E-state index contributed by atoms with van der Waals surface area (Å²) in [6.45, 7) is 9.06. The van der Waals surface area contributed by atoms with Gasteiger partial charge in [-0.2, -0.15) is 5.10 Å². The summed E-state index contributed by atoms with van der Waals surface area (Å²) < 4.78 is 17.0. The molecule has 5 nitrogen and oxygen atoms in total. The lowest BCUT2D eigenvalue weighted by molar-refractivity contribution is 0.296. The zero-order valence-electron chi connectivity index (χ0n) is 15.8. The van der Waals surface area contributed by atoms with Crippen LogP contribution in [0.25, 0.3) is 11.0 Å². The molecule has 0 N–H and O–H groups in total. The van der Waals surface area contributed by atoms with Gasteiger partial charge < -0.3 is 0 Å². The molecule has 3 aromatic rings. The van der Waals surface area contributed by atoms with Crippen molar-refractivity contribution in [3.63, 3.8) is 0 Å². The number of benzene rings is 1. The SMILES string of the molecule is CCN(CC)Cc1cc(=O)n(Cc2cccc(F)c2)c2c1c(C)nn2C. The number of halogens is 1. The van der Waals surface area contributed by atoms with Crippen LogP contribution in [0.1, 0.15) is 30.7 Å². The quantitative estimate of drug-likeness (QED) is 0.682. The zero-order valence-corrected chi connectivity index (χ0v) is 15.8. The number of pyridine rings is 1. The van der Waals surface area contributed by atoms with Gasteiger partial charge in [0.1, 0.15) is 11.5 Å². The van der Waals surface area contributed by atoms with Crippen molar-refractivity contribution in [2.45, 2.75) is 33.9 Å². The topological polar surface area (TPSA) is 43.1 Å². The van der Waals surface area contributed by atoms with Crippen LogP contribution in [0, 0.1) is 12.7 Å². The van der Waals surface area contributed by atoms with Crippen LogP contribution in [0.15, 0.2) is 35.1 Å². The van der Waals surface area contributed by atoms with Gasteiger partial charge in [0, 0.05) is 25.0 Å². The second kappa shape index (κ2) is 7.41. The van der Waals surface area contributed by atoms with Crippen LogP contribution < -0.4 is 5.56 Å². The number of aryl methyl sites for hydroxylation is 2. The number of aromatic nitrogens is 3. The Morgan fingerprint density at radius 3 is 2.58 bits per heavy atom. The van der Waals surface area contributed by atoms with Crippen molar-refractivity contribution in [3.05, 3.63) is 63.3 Å². The van der Waals surface area contributed by atoms with Gasteiger partial charge in [-0.25, -0.2) is 4.39 Å². The van der Waals surface area contributed by atoms with E-state index in [-0.39, 0.29) is 11.4 Å². The first-order valence-electron chi connectivity index (χ1n) is 8.97. The van der Waals surface area contributed by atoms with Crippen molar-refractivity contribution >= 4 is 11.0 Å². The Balaban J connectivity index is 2.16. The van der Waals surface area contributed by atoms with Gasteiger partial charge in [-0.05, 0) is 43.3 Å². The molecule has 3 rings (SSSR count). The van der Waals surface area contributed by atoms with Gasteiger partial charge in [0.15, 0.2) is 0 Å². The third-order valence-electron chi connectivity index (χ3n) is 4.85. The number of nitrogens with zero attached hydrogens (tertiary/aromatic N) is 4. The summed E-state index contributed by atoms with van der Waals surface area (Å²) in [5, 5.41) is 5.54. The lowest BCUT2D eigenvalue weighted by Gasteiger charge is -2.19. The van der Waals surface area contributed by atoms with Gasteiger partial charge in [0.25, 0.3) is 5.56 Å². The minimum absolute atomic E-state index is 0.0908. The largest absolute Gasteiger partial charge is 0.300 e. The van der Waals surface area contributed by atoms with E-state index in [0.29, 0.717) is 13.1 Å². The Labute approximate surface area is 152 Å². The number of rotatable bonds is 6. The first kappa shape index (κ1) is 18.3. The highest BCUT2D eigenvalue weighted by atomic mass is 19.1. The Morgan fingerprint density at radius 1 is 1.19 bits per heavy atom. The van der Waals surface area contributed by atoms with E-state index >= 15 is 0 Å². The van der Waals surface area contributed by atoms with Crippen molar-refractivity contribution < 1.29 is 4.39 Å². The molecule has 0 atom stereocenters. The number of fused-ring (bicyclic) bond motifs is 1. The maximum absolute atomic E-state index is 13.5. The molecular weight excluding hydrogens is 331 g/mol. The smallest absolute Gasteiger partial charge is 0.252 e. The van der Waals surface area contributed by atoms with E-state index in [2.05, 4.69) is 23.8 Å². The van der Waals surface area contributed by atoms with E-state index in [0.717, 1.165) is 40.9 Å². The summed E-state index contributed by atoms with van der Waals surface area (Å²) >= 11 is 0. The number of hydrogen-bond donors (Lipinski definition) is 0. The molecule has 0 aliphatic carbocycles. The molecule has 0 bridgehead atoms. The second-order valence-corrected chi connectivity index (χ2v) is 6.59. The van der Waals surface area contributed by atoms with E-state index in [9.17, 15) is 9.18 Å². The van der Waals surface area contributed by atoms with Crippen molar-refractivity contribution in [1.29, 1.82) is 0 Å². The molecule has 0 aliphatic rings. The molecule has 6 heteroatoms. The lowest BCUT2D eigenvalue weighted by Crippen LogP contribution is -2.26. The van der Waals surface area contributed by atoms with E-state index in [1.165, 1.54) is 12.1 Å². The minimum Gasteiger partial charge on any atom is -0.300 e. The fourth-order valence-corrected chi connectivity index (χ4v) is 3.52. The van der Waals surface area contributed by atoms with E-state index in [4.69, 9.17) is 0 Å². The van der Waals surface area contributed by atoms with Crippen LogP contribution in [-0.4, -0.2) is 32.3 Å². The normalized spacial score (nSPS) is 11.6. The van der Waals surface area contributed by atoms with E-state index in [1.807, 2.05) is 20.0 Å². The maximum atomic E-state index is 13.5. The average molecular weight is 356 g/mol. The van der Waals surface area contributed by atoms with Crippen LogP contribution in [0.3, 0.4) is 0 Å². The van der Waals surface area contributed by atoms with Gasteiger partial charge >= 0.3 is 0 Å². The molecule has 2 aromatic heterocycles. The highest BCUT2D eigenvalue weighted by Crippen LogP contribution is 2.22. The van der Waals surface area contributed by atoms with Crippen LogP contribution >= 0.6 is 0 Å². The maximum Gasteiger partial charge on any atom is 0.252 e. The molecule has 26 heavy (non-hydrogen) atoms. The standard InChI is InChI=1S/C20H25FN4O/c1-5-24(6-2)13-16-11-18(26)25(12-15-8-7-9-17(21)10-15)20-19(16)14(3)22-23(20)4/h7-11H,5-6,12-13H2,1-4H3. The van der Waals surface area contributed by atoms with Gasteiger partial charge in [-0.1, -0.05) is 26.0 Å². The summed E-state index contributed by atoms with van der Waals surface area (Å²) in [5.41, 5.74) is 3.34. The van der Waals surface area contributed by atoms with E-state index in [1.54, 1.807) is 21.4 Å². The predicted octanol–water partition coefficient (Wildman–Crippen LogP) is 3.07. The molecule has 0 radical (unpaired) electrons. The van der Waals surface area contributed by atoms with Crippen LogP contribution in [-0.2, 0) is 20.1 Å². The summed E-state index contributed by atoms with van der Waals surface area (Å²) in [4.78, 5) is 15.1. The lowest BCUT2D eigenvalue weighted by atomic mass is 10.1. The monoisotopic (exact) mass is 356 g/mol. The van der Waals surface area contributed by atoms with Crippen molar-refractivity contribution in [1.82, 2.24) is 19.2 Å². The van der Waals surface area contributed by atoms with Gasteiger partial charge in [0.05, 0.1) is 12.2 Å². The molecule has 0 spiro atoms. The van der Waals surface area contributed by atoms with Crippen LogP contribution in [0.5, 0.6) is 0 Å². The Hall–Kier alpha value is -2.47. The molecule has 0 amide bonds. The molecule has 0 aliphatic heterocycles. The molecular formula is C20H25FN4O. The van der Waals surface area contributed by atoms with Crippen molar-refractivity contribution in [2.75, 3.05) is 13.1 Å². The third-order valence-corrected chi connectivity index (χ3v) is 4.85. The van der Waals surface area contributed by atoms with Gasteiger partial charge in [-0.15, -0.1) is 0 Å². The summed E-state index contributed by atoms with van der Waals surface area (Å²) in [6, 6.07) is 8.06. The first-order valence-corrected chi connectivity index (χ1v) is 8.97. The molecule has 0 fully saturated rings. The van der Waals surface area contributed by atoms with Crippen LogP contribution in [0.4, 0.5) is 4.39 Å². The summed E-state index contributed by atoms with van der Waals surface area (Å²) in [6.07, 6.45) is 0. The third kappa shape index (κ3) is 3.42. The second-order valence-electron chi connectivity index (χ2n) is 6.59.